The number of nitrogens with one attached hydrogen (secondary N) is 1. The lowest BCUT2D eigenvalue weighted by molar-refractivity contribution is 0.0949. The molecule has 3 N–H and O–H groups in total. The van der Waals surface area contributed by atoms with Crippen molar-refractivity contribution in [1.29, 1.82) is 0 Å². The van der Waals surface area contributed by atoms with E-state index >= 15 is 0 Å². The van der Waals surface area contributed by atoms with Crippen LogP contribution in [-0.4, -0.2) is 41.5 Å². The minimum atomic E-state index is -0.0780. The Kier molecular flexibility index (Phi) is 5.35. The molecule has 1 amide bonds. The summed E-state index contributed by atoms with van der Waals surface area (Å²) in [4.78, 5) is 18.3. The van der Waals surface area contributed by atoms with Crippen LogP contribution in [0.2, 0.25) is 0 Å². The minimum absolute atomic E-state index is 0.0780. The van der Waals surface area contributed by atoms with Crippen LogP contribution in [0.1, 0.15) is 43.0 Å². The Morgan fingerprint density at radius 2 is 2.40 bits per heavy atom. The summed E-state index contributed by atoms with van der Waals surface area (Å²) in [6.07, 6.45) is 6.48. The van der Waals surface area contributed by atoms with Gasteiger partial charge in [0.1, 0.15) is 5.82 Å². The monoisotopic (exact) mass is 276 g/mol. The largest absolute Gasteiger partial charge is 0.384 e. The predicted molar refractivity (Wildman–Crippen MR) is 80.5 cm³/mol. The SMILES string of the molecule is CC1CCCCN1CCCNC(=O)c1ccnc(N)c1. The van der Waals surface area contributed by atoms with Crippen molar-refractivity contribution in [2.24, 2.45) is 0 Å². The van der Waals surface area contributed by atoms with E-state index in [1.807, 2.05) is 0 Å². The Bertz CT molecular complexity index is 449. The molecule has 1 fully saturated rings. The van der Waals surface area contributed by atoms with Crippen LogP contribution < -0.4 is 11.1 Å². The highest BCUT2D eigenvalue weighted by Crippen LogP contribution is 2.16. The van der Waals surface area contributed by atoms with Crippen LogP contribution >= 0.6 is 0 Å². The lowest BCUT2D eigenvalue weighted by Crippen LogP contribution is -2.39. The van der Waals surface area contributed by atoms with E-state index in [-0.39, 0.29) is 5.91 Å². The van der Waals surface area contributed by atoms with Gasteiger partial charge in [0.2, 0.25) is 0 Å². The average Bonchev–Trinajstić information content (AvgIpc) is 2.45. The highest BCUT2D eigenvalue weighted by atomic mass is 16.1. The summed E-state index contributed by atoms with van der Waals surface area (Å²) in [5, 5.41) is 2.93. The molecule has 1 atom stereocenters. The van der Waals surface area contributed by atoms with Gasteiger partial charge in [-0.25, -0.2) is 4.98 Å². The number of hydrogen-bond donors (Lipinski definition) is 2. The van der Waals surface area contributed by atoms with Gasteiger partial charge in [0.15, 0.2) is 0 Å². The Morgan fingerprint density at radius 3 is 3.15 bits per heavy atom. The number of piperidine rings is 1. The first-order chi connectivity index (χ1) is 9.66. The maximum atomic E-state index is 11.9. The van der Waals surface area contributed by atoms with Gasteiger partial charge < -0.3 is 16.0 Å². The fourth-order valence-corrected chi connectivity index (χ4v) is 2.67. The van der Waals surface area contributed by atoms with Gasteiger partial charge in [-0.3, -0.25) is 4.79 Å². The third-order valence-electron chi connectivity index (χ3n) is 3.89. The normalized spacial score (nSPS) is 19.8. The van der Waals surface area contributed by atoms with Gasteiger partial charge in [-0.05, 0) is 44.9 Å². The van der Waals surface area contributed by atoms with Gasteiger partial charge >= 0.3 is 0 Å². The molecule has 2 rings (SSSR count). The Labute approximate surface area is 120 Å². The molecule has 0 bridgehead atoms. The lowest BCUT2D eigenvalue weighted by Gasteiger charge is -2.33. The van der Waals surface area contributed by atoms with Crippen LogP contribution in [0, 0.1) is 0 Å². The number of pyridine rings is 1. The summed E-state index contributed by atoms with van der Waals surface area (Å²) >= 11 is 0. The van der Waals surface area contributed by atoms with E-state index in [1.54, 1.807) is 18.3 Å². The molecule has 1 aromatic heterocycles. The summed E-state index contributed by atoms with van der Waals surface area (Å²) < 4.78 is 0. The van der Waals surface area contributed by atoms with E-state index in [1.165, 1.54) is 25.8 Å². The molecular formula is C15H24N4O. The zero-order valence-corrected chi connectivity index (χ0v) is 12.1. The highest BCUT2D eigenvalue weighted by Gasteiger charge is 2.17. The van der Waals surface area contributed by atoms with Crippen LogP contribution in [0.3, 0.4) is 0 Å². The average molecular weight is 276 g/mol. The van der Waals surface area contributed by atoms with Gasteiger partial charge in [0.25, 0.3) is 5.91 Å². The van der Waals surface area contributed by atoms with Crippen LogP contribution in [0.15, 0.2) is 18.3 Å². The zero-order valence-electron chi connectivity index (χ0n) is 12.1. The van der Waals surface area contributed by atoms with Crippen molar-refractivity contribution in [2.75, 3.05) is 25.4 Å². The second kappa shape index (κ2) is 7.24. The van der Waals surface area contributed by atoms with Crippen molar-refractivity contribution in [2.45, 2.75) is 38.6 Å². The first-order valence-electron chi connectivity index (χ1n) is 7.40. The number of hydrogen-bond acceptors (Lipinski definition) is 4. The number of aromatic nitrogens is 1. The van der Waals surface area contributed by atoms with E-state index in [9.17, 15) is 4.79 Å². The molecular weight excluding hydrogens is 252 g/mol. The minimum Gasteiger partial charge on any atom is -0.384 e. The summed E-state index contributed by atoms with van der Waals surface area (Å²) in [6, 6.07) is 3.96. The molecule has 0 saturated carbocycles. The van der Waals surface area contributed by atoms with Crippen molar-refractivity contribution >= 4 is 11.7 Å². The molecule has 0 aromatic carbocycles. The molecule has 1 aliphatic heterocycles. The van der Waals surface area contributed by atoms with Gasteiger partial charge in [-0.2, -0.15) is 0 Å². The van der Waals surface area contributed by atoms with Crippen LogP contribution in [0.4, 0.5) is 5.82 Å². The van der Waals surface area contributed by atoms with E-state index in [2.05, 4.69) is 22.1 Å². The van der Waals surface area contributed by atoms with Gasteiger partial charge in [0.05, 0.1) is 0 Å². The molecule has 1 aromatic rings. The lowest BCUT2D eigenvalue weighted by atomic mass is 10.0. The summed E-state index contributed by atoms with van der Waals surface area (Å²) in [5.41, 5.74) is 6.14. The topological polar surface area (TPSA) is 71.2 Å². The fourth-order valence-electron chi connectivity index (χ4n) is 2.67. The zero-order chi connectivity index (χ0) is 14.4. The Balaban J connectivity index is 1.69. The third-order valence-corrected chi connectivity index (χ3v) is 3.89. The molecule has 1 unspecified atom stereocenters. The number of rotatable bonds is 5. The van der Waals surface area contributed by atoms with Crippen molar-refractivity contribution in [1.82, 2.24) is 15.2 Å². The second-order valence-electron chi connectivity index (χ2n) is 5.46. The molecule has 1 aliphatic rings. The van der Waals surface area contributed by atoms with Crippen molar-refractivity contribution < 1.29 is 4.79 Å². The number of carbonyl (C=O) groups is 1. The fraction of sp³-hybridized carbons (Fsp3) is 0.600. The van der Waals surface area contributed by atoms with Crippen LogP contribution in [0.25, 0.3) is 0 Å². The number of likely N-dealkylation sites (tertiary alicyclic amines) is 1. The number of carbonyl (C=O) groups excluding carboxylic acids is 1. The molecule has 1 saturated heterocycles. The van der Waals surface area contributed by atoms with Crippen molar-refractivity contribution in [3.63, 3.8) is 0 Å². The molecule has 5 heteroatoms. The molecule has 0 spiro atoms. The molecule has 20 heavy (non-hydrogen) atoms. The van der Waals surface area contributed by atoms with E-state index < -0.39 is 0 Å². The molecule has 5 nitrogen and oxygen atoms in total. The van der Waals surface area contributed by atoms with E-state index in [4.69, 9.17) is 5.73 Å². The number of amides is 1. The first kappa shape index (κ1) is 14.8. The predicted octanol–water partition coefficient (Wildman–Crippen LogP) is 1.66. The standard InChI is InChI=1S/C15H24N4O/c1-12-5-2-3-9-19(12)10-4-7-18-15(20)13-6-8-17-14(16)11-13/h6,8,11-12H,2-5,7,9-10H2,1H3,(H2,16,17)(H,18,20). The maximum absolute atomic E-state index is 11.9. The molecule has 110 valence electrons. The van der Waals surface area contributed by atoms with Crippen molar-refractivity contribution in [3.8, 4) is 0 Å². The number of anilines is 1. The summed E-state index contributed by atoms with van der Waals surface area (Å²) in [7, 11) is 0. The Hall–Kier alpha value is -1.62. The quantitative estimate of drug-likeness (QED) is 0.802. The molecule has 2 heterocycles. The van der Waals surface area contributed by atoms with E-state index in [0.29, 0.717) is 24.0 Å². The maximum Gasteiger partial charge on any atom is 0.251 e. The highest BCUT2D eigenvalue weighted by molar-refractivity contribution is 5.94. The summed E-state index contributed by atoms with van der Waals surface area (Å²) in [6.45, 7) is 5.23. The second-order valence-corrected chi connectivity index (χ2v) is 5.46. The first-order valence-corrected chi connectivity index (χ1v) is 7.40. The molecule has 0 radical (unpaired) electrons. The number of nitrogen functional groups attached to an aromatic ring is 1. The third kappa shape index (κ3) is 4.20. The van der Waals surface area contributed by atoms with Crippen LogP contribution in [-0.2, 0) is 0 Å². The van der Waals surface area contributed by atoms with E-state index in [0.717, 1.165) is 13.0 Å². The number of nitrogens with zero attached hydrogens (tertiary/aromatic N) is 2. The van der Waals surface area contributed by atoms with Crippen molar-refractivity contribution in [3.05, 3.63) is 23.9 Å². The Morgan fingerprint density at radius 1 is 1.55 bits per heavy atom. The molecule has 0 aliphatic carbocycles. The van der Waals surface area contributed by atoms with Crippen LogP contribution in [0.5, 0.6) is 0 Å². The number of nitrogens with two attached hydrogens (primary N) is 1. The van der Waals surface area contributed by atoms with Gasteiger partial charge in [0, 0.05) is 30.9 Å². The van der Waals surface area contributed by atoms with Gasteiger partial charge in [-0.15, -0.1) is 0 Å². The van der Waals surface area contributed by atoms with Gasteiger partial charge in [-0.1, -0.05) is 6.42 Å². The summed E-state index contributed by atoms with van der Waals surface area (Å²) in [5.74, 6) is 0.297. The smallest absolute Gasteiger partial charge is 0.251 e.